The number of thioether (sulfide) groups is 1. The molecule has 0 radical (unpaired) electrons. The Hall–Kier alpha value is -1.75. The summed E-state index contributed by atoms with van der Waals surface area (Å²) in [6.07, 6.45) is 2.83. The summed E-state index contributed by atoms with van der Waals surface area (Å²) < 4.78 is 0. The van der Waals surface area contributed by atoms with Gasteiger partial charge in [-0.15, -0.1) is 11.8 Å². The lowest BCUT2D eigenvalue weighted by atomic mass is 10.3. The summed E-state index contributed by atoms with van der Waals surface area (Å²) in [4.78, 5) is 9.76. The summed E-state index contributed by atoms with van der Waals surface area (Å²) in [7, 11) is 0. The average molecular weight is 260 g/mol. The van der Waals surface area contributed by atoms with E-state index in [0.29, 0.717) is 5.82 Å². The Morgan fingerprint density at radius 3 is 2.56 bits per heavy atom. The van der Waals surface area contributed by atoms with Crippen LogP contribution in [0.5, 0.6) is 0 Å². The van der Waals surface area contributed by atoms with Crippen LogP contribution < -0.4 is 11.1 Å². The number of nitrogens with zero attached hydrogens (tertiary/aromatic N) is 2. The molecule has 1 aromatic heterocycles. The first-order valence-electron chi connectivity index (χ1n) is 5.75. The molecule has 0 unspecified atom stereocenters. The Morgan fingerprint density at radius 2 is 1.94 bits per heavy atom. The molecular weight excluding hydrogens is 244 g/mol. The summed E-state index contributed by atoms with van der Waals surface area (Å²) in [5, 5.41) is 3.23. The van der Waals surface area contributed by atoms with Crippen LogP contribution in [0.3, 0.4) is 0 Å². The van der Waals surface area contributed by atoms with Crippen LogP contribution in [0.2, 0.25) is 0 Å². The number of aromatic nitrogens is 2. The number of nitrogens with one attached hydrogen (secondary N) is 1. The number of aryl methyl sites for hydroxylation is 1. The highest BCUT2D eigenvalue weighted by Gasteiger charge is 2.01. The van der Waals surface area contributed by atoms with Crippen molar-refractivity contribution < 1.29 is 0 Å². The van der Waals surface area contributed by atoms with E-state index in [1.165, 1.54) is 4.90 Å². The molecule has 18 heavy (non-hydrogen) atoms. The largest absolute Gasteiger partial charge is 0.384 e. The minimum Gasteiger partial charge on any atom is -0.384 e. The highest BCUT2D eigenvalue weighted by molar-refractivity contribution is 7.98. The van der Waals surface area contributed by atoms with Gasteiger partial charge in [-0.25, -0.2) is 9.97 Å². The predicted octanol–water partition coefficient (Wildman–Crippen LogP) is 3.09. The zero-order valence-electron chi connectivity index (χ0n) is 10.5. The van der Waals surface area contributed by atoms with E-state index >= 15 is 0 Å². The van der Waals surface area contributed by atoms with E-state index in [9.17, 15) is 0 Å². The summed E-state index contributed by atoms with van der Waals surface area (Å²) in [6.45, 7) is 2.01. The molecule has 2 aromatic rings. The van der Waals surface area contributed by atoms with E-state index in [4.69, 9.17) is 5.73 Å². The van der Waals surface area contributed by atoms with E-state index < -0.39 is 0 Å². The molecule has 5 heteroatoms. The summed E-state index contributed by atoms with van der Waals surface area (Å²) in [5.74, 6) is 1.97. The molecule has 0 saturated heterocycles. The maximum atomic E-state index is 5.74. The van der Waals surface area contributed by atoms with Crippen molar-refractivity contribution in [3.05, 3.63) is 36.2 Å². The zero-order valence-corrected chi connectivity index (χ0v) is 11.3. The molecule has 0 amide bonds. The molecule has 0 aliphatic heterocycles. The summed E-state index contributed by atoms with van der Waals surface area (Å²) in [6, 6.07) is 9.92. The monoisotopic (exact) mass is 260 g/mol. The van der Waals surface area contributed by atoms with Crippen LogP contribution in [0, 0.1) is 0 Å². The fourth-order valence-corrected chi connectivity index (χ4v) is 1.97. The van der Waals surface area contributed by atoms with Gasteiger partial charge in [0.1, 0.15) is 17.5 Å². The highest BCUT2D eigenvalue weighted by atomic mass is 32.2. The minimum atomic E-state index is 0.491. The molecule has 4 nitrogen and oxygen atoms in total. The lowest BCUT2D eigenvalue weighted by Gasteiger charge is -2.08. The van der Waals surface area contributed by atoms with Gasteiger partial charge in [0.25, 0.3) is 0 Å². The number of hydrogen-bond acceptors (Lipinski definition) is 5. The van der Waals surface area contributed by atoms with Gasteiger partial charge in [0.05, 0.1) is 0 Å². The second-order valence-electron chi connectivity index (χ2n) is 3.80. The summed E-state index contributed by atoms with van der Waals surface area (Å²) >= 11 is 1.72. The molecule has 0 atom stereocenters. The van der Waals surface area contributed by atoms with E-state index in [-0.39, 0.29) is 0 Å². The zero-order chi connectivity index (χ0) is 13.0. The van der Waals surface area contributed by atoms with Gasteiger partial charge in [0.15, 0.2) is 0 Å². The third-order valence-electron chi connectivity index (χ3n) is 2.47. The Bertz CT molecular complexity index is 525. The molecule has 3 N–H and O–H groups in total. The lowest BCUT2D eigenvalue weighted by Crippen LogP contribution is -2.02. The van der Waals surface area contributed by atoms with Gasteiger partial charge < -0.3 is 11.1 Å². The fourth-order valence-electron chi connectivity index (χ4n) is 1.56. The minimum absolute atomic E-state index is 0.491. The maximum Gasteiger partial charge on any atom is 0.136 e. The second-order valence-corrected chi connectivity index (χ2v) is 4.68. The van der Waals surface area contributed by atoms with Crippen LogP contribution in [-0.2, 0) is 6.42 Å². The highest BCUT2D eigenvalue weighted by Crippen LogP contribution is 2.20. The van der Waals surface area contributed by atoms with Crippen LogP contribution in [0.4, 0.5) is 17.3 Å². The average Bonchev–Trinajstić information content (AvgIpc) is 2.39. The molecule has 94 valence electrons. The Labute approximate surface area is 111 Å². The quantitative estimate of drug-likeness (QED) is 0.827. The van der Waals surface area contributed by atoms with Crippen molar-refractivity contribution in [2.45, 2.75) is 18.2 Å². The van der Waals surface area contributed by atoms with Crippen LogP contribution in [0.15, 0.2) is 35.2 Å². The SMILES string of the molecule is CCc1nc(N)cc(Nc2ccc(SC)cc2)n1. The number of hydrogen-bond donors (Lipinski definition) is 2. The molecule has 1 aromatic carbocycles. The van der Waals surface area contributed by atoms with Gasteiger partial charge in [-0.05, 0) is 30.5 Å². The van der Waals surface area contributed by atoms with Gasteiger partial charge in [-0.2, -0.15) is 0 Å². The van der Waals surface area contributed by atoms with Crippen LogP contribution >= 0.6 is 11.8 Å². The van der Waals surface area contributed by atoms with E-state index in [1.807, 2.05) is 19.1 Å². The van der Waals surface area contributed by atoms with Gasteiger partial charge >= 0.3 is 0 Å². The third kappa shape index (κ3) is 3.13. The predicted molar refractivity (Wildman–Crippen MR) is 77.3 cm³/mol. The van der Waals surface area contributed by atoms with Gasteiger partial charge in [-0.3, -0.25) is 0 Å². The molecule has 0 spiro atoms. The first-order chi connectivity index (χ1) is 8.71. The Balaban J connectivity index is 2.19. The Morgan fingerprint density at radius 1 is 1.22 bits per heavy atom. The number of anilines is 3. The standard InChI is InChI=1S/C13H16N4S/c1-3-12-16-11(14)8-13(17-12)15-9-4-6-10(18-2)7-5-9/h4-8H,3H2,1-2H3,(H3,14,15,16,17). The number of rotatable bonds is 4. The number of nitrogens with two attached hydrogens (primary N) is 1. The van der Waals surface area contributed by atoms with Gasteiger partial charge in [0, 0.05) is 23.1 Å². The second kappa shape index (κ2) is 5.73. The maximum absolute atomic E-state index is 5.74. The Kier molecular flexibility index (Phi) is 4.04. The van der Waals surface area contributed by atoms with Crippen molar-refractivity contribution in [1.29, 1.82) is 0 Å². The molecular formula is C13H16N4S. The van der Waals surface area contributed by atoms with E-state index in [1.54, 1.807) is 17.8 Å². The number of nitrogen functional groups attached to an aromatic ring is 1. The smallest absolute Gasteiger partial charge is 0.136 e. The number of benzene rings is 1. The molecule has 1 heterocycles. The normalized spacial score (nSPS) is 10.3. The topological polar surface area (TPSA) is 63.8 Å². The van der Waals surface area contributed by atoms with Crippen molar-refractivity contribution in [1.82, 2.24) is 9.97 Å². The molecule has 0 saturated carbocycles. The van der Waals surface area contributed by atoms with Crippen molar-refractivity contribution in [3.8, 4) is 0 Å². The van der Waals surface area contributed by atoms with E-state index in [0.717, 1.165) is 23.8 Å². The first kappa shape index (κ1) is 12.7. The first-order valence-corrected chi connectivity index (χ1v) is 6.98. The van der Waals surface area contributed by atoms with E-state index in [2.05, 4.69) is 33.7 Å². The van der Waals surface area contributed by atoms with Crippen LogP contribution in [-0.4, -0.2) is 16.2 Å². The molecule has 0 aliphatic rings. The van der Waals surface area contributed by atoms with Gasteiger partial charge in [0.2, 0.25) is 0 Å². The van der Waals surface area contributed by atoms with Crippen molar-refractivity contribution in [2.24, 2.45) is 0 Å². The van der Waals surface area contributed by atoms with Crippen molar-refractivity contribution >= 4 is 29.1 Å². The molecule has 0 aliphatic carbocycles. The summed E-state index contributed by atoms with van der Waals surface area (Å²) in [5.41, 5.74) is 6.73. The van der Waals surface area contributed by atoms with Crippen molar-refractivity contribution in [3.63, 3.8) is 0 Å². The third-order valence-corrected chi connectivity index (χ3v) is 3.21. The molecule has 0 bridgehead atoms. The van der Waals surface area contributed by atoms with Crippen LogP contribution in [0.25, 0.3) is 0 Å². The molecule has 2 rings (SSSR count). The fraction of sp³-hybridized carbons (Fsp3) is 0.231. The molecule has 0 fully saturated rings. The van der Waals surface area contributed by atoms with Crippen molar-refractivity contribution in [2.75, 3.05) is 17.3 Å². The lowest BCUT2D eigenvalue weighted by molar-refractivity contribution is 0.948. The van der Waals surface area contributed by atoms with Gasteiger partial charge in [-0.1, -0.05) is 6.92 Å². The van der Waals surface area contributed by atoms with Crippen LogP contribution in [0.1, 0.15) is 12.7 Å².